The van der Waals surface area contributed by atoms with Crippen molar-refractivity contribution < 1.29 is 0 Å². The van der Waals surface area contributed by atoms with Crippen LogP contribution in [-0.2, 0) is 6.42 Å². The molecule has 0 bridgehead atoms. The fourth-order valence-corrected chi connectivity index (χ4v) is 4.15. The van der Waals surface area contributed by atoms with Crippen molar-refractivity contribution >= 4 is 5.57 Å². The van der Waals surface area contributed by atoms with E-state index in [0.717, 1.165) is 6.04 Å². The van der Waals surface area contributed by atoms with Crippen LogP contribution < -0.4 is 5.32 Å². The second kappa shape index (κ2) is 6.97. The highest BCUT2D eigenvalue weighted by atomic mass is 15.1. The average molecular weight is 298 g/mol. The number of hydrogen-bond donors (Lipinski definition) is 1. The van der Waals surface area contributed by atoms with E-state index < -0.39 is 0 Å². The summed E-state index contributed by atoms with van der Waals surface area (Å²) in [7, 11) is 2.09. The highest BCUT2D eigenvalue weighted by Crippen LogP contribution is 2.37. The Hall–Kier alpha value is -1.12. The van der Waals surface area contributed by atoms with Crippen molar-refractivity contribution in [3.8, 4) is 0 Å². The highest BCUT2D eigenvalue weighted by molar-refractivity contribution is 5.70. The Balaban J connectivity index is 1.55. The maximum Gasteiger partial charge on any atom is 0.00884 e. The van der Waals surface area contributed by atoms with Crippen LogP contribution in [0.3, 0.4) is 0 Å². The minimum absolute atomic E-state index is 0.677. The van der Waals surface area contributed by atoms with E-state index in [2.05, 4.69) is 49.0 Å². The van der Waals surface area contributed by atoms with Gasteiger partial charge in [0.05, 0.1) is 0 Å². The second-order valence-electron chi connectivity index (χ2n) is 7.06. The summed E-state index contributed by atoms with van der Waals surface area (Å²) in [5.41, 5.74) is 5.80. The van der Waals surface area contributed by atoms with E-state index in [9.17, 15) is 0 Å². The van der Waals surface area contributed by atoms with Gasteiger partial charge in [-0.2, -0.15) is 0 Å². The zero-order valence-corrected chi connectivity index (χ0v) is 14.2. The van der Waals surface area contributed by atoms with Gasteiger partial charge in [-0.3, -0.25) is 0 Å². The third-order valence-electron chi connectivity index (χ3n) is 5.78. The number of hydrogen-bond acceptors (Lipinski definition) is 2. The summed E-state index contributed by atoms with van der Waals surface area (Å²) >= 11 is 0. The van der Waals surface area contributed by atoms with E-state index >= 15 is 0 Å². The van der Waals surface area contributed by atoms with Crippen molar-refractivity contribution in [2.75, 3.05) is 26.7 Å². The Morgan fingerprint density at radius 2 is 2.00 bits per heavy atom. The van der Waals surface area contributed by atoms with E-state index in [1.165, 1.54) is 68.4 Å². The van der Waals surface area contributed by atoms with E-state index in [1.54, 1.807) is 5.56 Å². The molecule has 3 rings (SSSR count). The van der Waals surface area contributed by atoms with E-state index in [4.69, 9.17) is 0 Å². The van der Waals surface area contributed by atoms with Crippen molar-refractivity contribution in [2.45, 2.75) is 45.1 Å². The van der Waals surface area contributed by atoms with Crippen LogP contribution in [-0.4, -0.2) is 37.6 Å². The molecule has 120 valence electrons. The molecule has 22 heavy (non-hydrogen) atoms. The van der Waals surface area contributed by atoms with Crippen molar-refractivity contribution in [3.63, 3.8) is 0 Å². The molecule has 0 amide bonds. The summed E-state index contributed by atoms with van der Waals surface area (Å²) in [5.74, 6) is 0.677. The number of rotatable bonds is 4. The van der Waals surface area contributed by atoms with E-state index in [1.807, 2.05) is 0 Å². The molecule has 1 aromatic rings. The number of nitrogens with one attached hydrogen (secondary N) is 1. The minimum atomic E-state index is 0.677. The molecule has 0 spiro atoms. The van der Waals surface area contributed by atoms with Crippen LogP contribution in [0.2, 0.25) is 0 Å². The summed E-state index contributed by atoms with van der Waals surface area (Å²) in [5, 5.41) is 3.41. The Bertz CT molecular complexity index is 527. The molecule has 1 aliphatic heterocycles. The van der Waals surface area contributed by atoms with Crippen LogP contribution in [0.25, 0.3) is 5.57 Å². The molecule has 0 radical (unpaired) electrons. The number of nitrogens with zero attached hydrogens (tertiary/aromatic N) is 1. The van der Waals surface area contributed by atoms with Gasteiger partial charge in [0.25, 0.3) is 0 Å². The maximum absolute atomic E-state index is 4.44. The molecular weight excluding hydrogens is 268 g/mol. The van der Waals surface area contributed by atoms with Crippen LogP contribution in [0, 0.1) is 12.8 Å². The summed E-state index contributed by atoms with van der Waals surface area (Å²) in [4.78, 5) is 2.65. The van der Waals surface area contributed by atoms with Crippen molar-refractivity contribution in [2.24, 2.45) is 5.92 Å². The zero-order chi connectivity index (χ0) is 15.5. The van der Waals surface area contributed by atoms with Gasteiger partial charge in [0.2, 0.25) is 0 Å². The zero-order valence-electron chi connectivity index (χ0n) is 14.2. The third kappa shape index (κ3) is 3.28. The first kappa shape index (κ1) is 15.8. The summed E-state index contributed by atoms with van der Waals surface area (Å²) in [6.45, 7) is 10.4. The standard InChI is InChI=1S/C20H30N2/c1-15-5-4-6-20-16(2)17(7-8-19(15)20)9-12-22-13-10-18(21-3)11-14-22/h4-6,17-18,21H,2,7-14H2,1,3H3. The number of likely N-dealkylation sites (tertiary alicyclic amines) is 1. The van der Waals surface area contributed by atoms with Gasteiger partial charge in [0.15, 0.2) is 0 Å². The number of allylic oxidation sites excluding steroid dienone is 1. The second-order valence-corrected chi connectivity index (χ2v) is 7.06. The molecule has 2 heteroatoms. The smallest absolute Gasteiger partial charge is 0.00884 e. The Labute approximate surface area is 135 Å². The van der Waals surface area contributed by atoms with Gasteiger partial charge in [0.1, 0.15) is 0 Å². The first-order valence-electron chi connectivity index (χ1n) is 8.86. The molecular formula is C20H30N2. The van der Waals surface area contributed by atoms with Gasteiger partial charge in [-0.1, -0.05) is 24.8 Å². The maximum atomic E-state index is 4.44. The predicted molar refractivity (Wildman–Crippen MR) is 95.2 cm³/mol. The average Bonchev–Trinajstić information content (AvgIpc) is 2.55. The normalized spacial score (nSPS) is 23.5. The van der Waals surface area contributed by atoms with Crippen LogP contribution >= 0.6 is 0 Å². The molecule has 1 aliphatic carbocycles. The van der Waals surface area contributed by atoms with Crippen LogP contribution in [0.5, 0.6) is 0 Å². The van der Waals surface area contributed by atoms with Gasteiger partial charge in [-0.05, 0) is 93.9 Å². The Morgan fingerprint density at radius 3 is 2.73 bits per heavy atom. The topological polar surface area (TPSA) is 15.3 Å². The van der Waals surface area contributed by atoms with Crippen molar-refractivity contribution in [3.05, 3.63) is 41.5 Å². The van der Waals surface area contributed by atoms with Gasteiger partial charge in [-0.15, -0.1) is 0 Å². The molecule has 1 fully saturated rings. The Morgan fingerprint density at radius 1 is 1.23 bits per heavy atom. The molecule has 1 N–H and O–H groups in total. The number of benzene rings is 1. The van der Waals surface area contributed by atoms with Crippen LogP contribution in [0.15, 0.2) is 24.8 Å². The monoisotopic (exact) mass is 298 g/mol. The molecule has 1 aromatic carbocycles. The molecule has 2 nitrogen and oxygen atoms in total. The number of aryl methyl sites for hydroxylation is 1. The lowest BCUT2D eigenvalue weighted by Gasteiger charge is -2.34. The van der Waals surface area contributed by atoms with Gasteiger partial charge in [0, 0.05) is 6.04 Å². The minimum Gasteiger partial charge on any atom is -0.317 e. The molecule has 0 aromatic heterocycles. The molecule has 0 saturated carbocycles. The lowest BCUT2D eigenvalue weighted by atomic mass is 9.77. The lowest BCUT2D eigenvalue weighted by molar-refractivity contribution is 0.193. The van der Waals surface area contributed by atoms with Crippen LogP contribution in [0.4, 0.5) is 0 Å². The van der Waals surface area contributed by atoms with Crippen molar-refractivity contribution in [1.29, 1.82) is 0 Å². The summed E-state index contributed by atoms with van der Waals surface area (Å²) in [6, 6.07) is 7.42. The first-order valence-corrected chi connectivity index (χ1v) is 8.86. The molecule has 1 heterocycles. The number of fused-ring (bicyclic) bond motifs is 1. The first-order chi connectivity index (χ1) is 10.7. The summed E-state index contributed by atoms with van der Waals surface area (Å²) < 4.78 is 0. The van der Waals surface area contributed by atoms with Gasteiger partial charge < -0.3 is 10.2 Å². The molecule has 1 saturated heterocycles. The van der Waals surface area contributed by atoms with Crippen molar-refractivity contribution in [1.82, 2.24) is 10.2 Å². The predicted octanol–water partition coefficient (Wildman–Crippen LogP) is 3.64. The molecule has 1 atom stereocenters. The molecule has 2 aliphatic rings. The lowest BCUT2D eigenvalue weighted by Crippen LogP contribution is -2.41. The van der Waals surface area contributed by atoms with Gasteiger partial charge >= 0.3 is 0 Å². The molecule has 1 unspecified atom stereocenters. The highest BCUT2D eigenvalue weighted by Gasteiger charge is 2.24. The fourth-order valence-electron chi connectivity index (χ4n) is 4.15. The van der Waals surface area contributed by atoms with Crippen LogP contribution in [0.1, 0.15) is 42.4 Å². The largest absolute Gasteiger partial charge is 0.317 e. The Kier molecular flexibility index (Phi) is 5.00. The third-order valence-corrected chi connectivity index (χ3v) is 5.78. The fraction of sp³-hybridized carbons (Fsp3) is 0.600. The van der Waals surface area contributed by atoms with E-state index in [-0.39, 0.29) is 0 Å². The number of piperidine rings is 1. The quantitative estimate of drug-likeness (QED) is 0.913. The van der Waals surface area contributed by atoms with Gasteiger partial charge in [-0.25, -0.2) is 0 Å². The summed E-state index contributed by atoms with van der Waals surface area (Å²) in [6.07, 6.45) is 6.38. The van der Waals surface area contributed by atoms with E-state index in [0.29, 0.717) is 5.92 Å². The SMILES string of the molecule is C=C1c2cccc(C)c2CCC1CCN1CCC(NC)CC1.